The van der Waals surface area contributed by atoms with Crippen LogP contribution in [0.3, 0.4) is 0 Å². The average Bonchev–Trinajstić information content (AvgIpc) is 2.81. The van der Waals surface area contributed by atoms with Crippen molar-refractivity contribution >= 4 is 5.97 Å². The topological polar surface area (TPSA) is 67.8 Å². The highest BCUT2D eigenvalue weighted by Crippen LogP contribution is 2.22. The van der Waals surface area contributed by atoms with E-state index in [2.05, 4.69) is 29.6 Å². The molecule has 0 unspecified atom stereocenters. The molecular weight excluding hydrogens is 402 g/mol. The van der Waals surface area contributed by atoms with Gasteiger partial charge in [-0.1, -0.05) is 42.5 Å². The number of carbonyl (C=O) groups is 1. The van der Waals surface area contributed by atoms with Gasteiger partial charge in [0.05, 0.1) is 13.0 Å². The van der Waals surface area contributed by atoms with E-state index in [4.69, 9.17) is 14.6 Å². The van der Waals surface area contributed by atoms with Crippen LogP contribution in [0.4, 0.5) is 0 Å². The molecule has 0 bridgehead atoms. The molecular formula is C27H31NO4. The summed E-state index contributed by atoms with van der Waals surface area (Å²) in [6, 6.07) is 26.2. The van der Waals surface area contributed by atoms with Gasteiger partial charge in [-0.25, -0.2) is 0 Å². The zero-order chi connectivity index (χ0) is 22.4. The van der Waals surface area contributed by atoms with Crippen LogP contribution in [0.5, 0.6) is 17.2 Å². The van der Waals surface area contributed by atoms with Gasteiger partial charge in [-0.05, 0) is 79.8 Å². The van der Waals surface area contributed by atoms with Crippen molar-refractivity contribution in [3.63, 3.8) is 0 Å². The van der Waals surface area contributed by atoms with Crippen LogP contribution in [0.25, 0.3) is 0 Å². The highest BCUT2D eigenvalue weighted by atomic mass is 16.5. The Labute approximate surface area is 190 Å². The third-order valence-electron chi connectivity index (χ3n) is 5.01. The van der Waals surface area contributed by atoms with E-state index in [1.54, 1.807) is 0 Å². The summed E-state index contributed by atoms with van der Waals surface area (Å²) >= 11 is 0. The number of nitrogens with one attached hydrogen (secondary N) is 1. The lowest BCUT2D eigenvalue weighted by Crippen LogP contribution is -2.19. The lowest BCUT2D eigenvalue weighted by molar-refractivity contribution is -0.136. The Hall–Kier alpha value is -3.31. The van der Waals surface area contributed by atoms with Crippen molar-refractivity contribution in [1.82, 2.24) is 5.32 Å². The number of para-hydroxylation sites is 1. The van der Waals surface area contributed by atoms with Gasteiger partial charge < -0.3 is 19.9 Å². The fraction of sp³-hybridized carbons (Fsp3) is 0.296. The van der Waals surface area contributed by atoms with Crippen LogP contribution >= 0.6 is 0 Å². The average molecular weight is 434 g/mol. The Kier molecular flexibility index (Phi) is 9.62. The van der Waals surface area contributed by atoms with E-state index in [0.717, 1.165) is 49.5 Å². The van der Waals surface area contributed by atoms with Crippen molar-refractivity contribution in [2.24, 2.45) is 0 Å². The molecule has 0 saturated heterocycles. The minimum atomic E-state index is -0.765. The number of benzene rings is 3. The summed E-state index contributed by atoms with van der Waals surface area (Å²) < 4.78 is 11.8. The Morgan fingerprint density at radius 1 is 0.750 bits per heavy atom. The maximum atomic E-state index is 10.5. The molecule has 168 valence electrons. The number of ether oxygens (including phenoxy) is 2. The van der Waals surface area contributed by atoms with Crippen molar-refractivity contribution in [1.29, 1.82) is 0 Å². The third kappa shape index (κ3) is 8.82. The molecule has 0 saturated carbocycles. The zero-order valence-electron chi connectivity index (χ0n) is 18.3. The fourth-order valence-corrected chi connectivity index (χ4v) is 3.35. The molecule has 32 heavy (non-hydrogen) atoms. The largest absolute Gasteiger partial charge is 0.494 e. The van der Waals surface area contributed by atoms with Gasteiger partial charge in [0.1, 0.15) is 17.2 Å². The molecule has 3 rings (SSSR count). The molecule has 2 N–H and O–H groups in total. The van der Waals surface area contributed by atoms with Gasteiger partial charge in [0, 0.05) is 6.54 Å². The molecule has 5 nitrogen and oxygen atoms in total. The molecule has 0 aromatic heterocycles. The van der Waals surface area contributed by atoms with Crippen molar-refractivity contribution in [3.8, 4) is 17.2 Å². The number of carboxylic acid groups (broad SMARTS) is 1. The van der Waals surface area contributed by atoms with Gasteiger partial charge in [-0.2, -0.15) is 0 Å². The fourth-order valence-electron chi connectivity index (χ4n) is 3.35. The van der Waals surface area contributed by atoms with Gasteiger partial charge in [0.15, 0.2) is 0 Å². The van der Waals surface area contributed by atoms with Crippen LogP contribution in [0.1, 0.15) is 30.4 Å². The third-order valence-corrected chi connectivity index (χ3v) is 5.01. The van der Waals surface area contributed by atoms with E-state index in [9.17, 15) is 4.79 Å². The lowest BCUT2D eigenvalue weighted by Gasteiger charge is -2.09. The molecule has 3 aromatic rings. The summed E-state index contributed by atoms with van der Waals surface area (Å²) in [6.07, 6.45) is 3.96. The summed E-state index contributed by atoms with van der Waals surface area (Å²) in [5.74, 6) is 1.81. The number of aryl methyl sites for hydroxylation is 2. The van der Waals surface area contributed by atoms with Crippen molar-refractivity contribution in [2.75, 3.05) is 19.7 Å². The van der Waals surface area contributed by atoms with Gasteiger partial charge in [0.25, 0.3) is 0 Å². The van der Waals surface area contributed by atoms with Crippen molar-refractivity contribution in [3.05, 3.63) is 90.0 Å². The molecule has 0 fully saturated rings. The molecule has 0 spiro atoms. The highest BCUT2D eigenvalue weighted by Gasteiger charge is 2.01. The van der Waals surface area contributed by atoms with Gasteiger partial charge >= 0.3 is 5.97 Å². The van der Waals surface area contributed by atoms with Crippen LogP contribution in [-0.4, -0.2) is 30.8 Å². The van der Waals surface area contributed by atoms with Crippen LogP contribution < -0.4 is 14.8 Å². The Morgan fingerprint density at radius 2 is 1.50 bits per heavy atom. The van der Waals surface area contributed by atoms with Crippen LogP contribution in [0.2, 0.25) is 0 Å². The van der Waals surface area contributed by atoms with E-state index in [1.165, 1.54) is 11.1 Å². The minimum absolute atomic E-state index is 0.166. The van der Waals surface area contributed by atoms with Crippen LogP contribution in [0, 0.1) is 0 Å². The van der Waals surface area contributed by atoms with E-state index >= 15 is 0 Å². The number of hydrogen-bond donors (Lipinski definition) is 2. The van der Waals surface area contributed by atoms with Crippen molar-refractivity contribution < 1.29 is 19.4 Å². The SMILES string of the molecule is O=C(O)CCNCCCc1ccc(OCCCc2cccc(Oc3ccccc3)c2)cc1. The normalized spacial score (nSPS) is 10.6. The Bertz CT molecular complexity index is 941. The molecule has 3 aromatic carbocycles. The number of hydrogen-bond acceptors (Lipinski definition) is 4. The minimum Gasteiger partial charge on any atom is -0.494 e. The second-order valence-electron chi connectivity index (χ2n) is 7.66. The standard InChI is InChI=1S/C27H31NO4/c29-27(30)17-19-28-18-5-8-22-13-15-24(16-14-22)31-20-6-9-23-7-4-12-26(21-23)32-25-10-2-1-3-11-25/h1-4,7,10-16,21,28H,5-6,8-9,17-20H2,(H,29,30). The molecule has 0 aliphatic rings. The number of carboxylic acids is 1. The predicted molar refractivity (Wildman–Crippen MR) is 127 cm³/mol. The van der Waals surface area contributed by atoms with Gasteiger partial charge in [-0.3, -0.25) is 4.79 Å². The first-order valence-electron chi connectivity index (χ1n) is 11.1. The first kappa shape index (κ1) is 23.4. The first-order chi connectivity index (χ1) is 15.7. The highest BCUT2D eigenvalue weighted by molar-refractivity contribution is 5.66. The van der Waals surface area contributed by atoms with Crippen LogP contribution in [-0.2, 0) is 17.6 Å². The summed E-state index contributed by atoms with van der Waals surface area (Å²) in [5, 5.41) is 11.8. The first-order valence-corrected chi connectivity index (χ1v) is 11.1. The molecule has 0 aliphatic carbocycles. The molecule has 0 aliphatic heterocycles. The molecule has 0 radical (unpaired) electrons. The molecule has 0 atom stereocenters. The summed E-state index contributed by atoms with van der Waals surface area (Å²) in [5.41, 5.74) is 2.49. The maximum Gasteiger partial charge on any atom is 0.304 e. The van der Waals surface area contributed by atoms with Gasteiger partial charge in [-0.15, -0.1) is 0 Å². The van der Waals surface area contributed by atoms with Crippen molar-refractivity contribution in [2.45, 2.75) is 32.1 Å². The smallest absolute Gasteiger partial charge is 0.304 e. The Morgan fingerprint density at radius 3 is 2.28 bits per heavy atom. The monoisotopic (exact) mass is 433 g/mol. The zero-order valence-corrected chi connectivity index (χ0v) is 18.3. The molecule has 5 heteroatoms. The summed E-state index contributed by atoms with van der Waals surface area (Å²) in [6.45, 7) is 2.01. The van der Waals surface area contributed by atoms with Gasteiger partial charge in [0.2, 0.25) is 0 Å². The Balaban J connectivity index is 1.32. The lowest BCUT2D eigenvalue weighted by atomic mass is 10.1. The van der Waals surface area contributed by atoms with E-state index in [-0.39, 0.29) is 6.42 Å². The molecule has 0 heterocycles. The number of aliphatic carboxylic acids is 1. The summed E-state index contributed by atoms with van der Waals surface area (Å²) in [7, 11) is 0. The quantitative estimate of drug-likeness (QED) is 0.329. The van der Waals surface area contributed by atoms with E-state index < -0.39 is 5.97 Å². The van der Waals surface area contributed by atoms with E-state index in [0.29, 0.717) is 13.2 Å². The second kappa shape index (κ2) is 13.2. The number of rotatable bonds is 14. The van der Waals surface area contributed by atoms with E-state index in [1.807, 2.05) is 54.6 Å². The second-order valence-corrected chi connectivity index (χ2v) is 7.66. The van der Waals surface area contributed by atoms with Crippen LogP contribution in [0.15, 0.2) is 78.9 Å². The predicted octanol–water partition coefficient (Wildman–Crippen LogP) is 5.49. The maximum absolute atomic E-state index is 10.5. The summed E-state index contributed by atoms with van der Waals surface area (Å²) in [4.78, 5) is 10.5. The molecule has 0 amide bonds.